The lowest BCUT2D eigenvalue weighted by Crippen LogP contribution is -2.16. The number of anilines is 2. The van der Waals surface area contributed by atoms with Crippen LogP contribution >= 0.6 is 23.2 Å². The molecule has 0 radical (unpaired) electrons. The molecule has 130 valence electrons. The SMILES string of the molecule is O=C(Nc1cc(NC(=O)c2c(Cl)cccc2Cl)ccn1)c1cnccn1. The summed E-state index contributed by atoms with van der Waals surface area (Å²) in [6.07, 6.45) is 5.65. The van der Waals surface area contributed by atoms with Crippen molar-refractivity contribution in [3.8, 4) is 0 Å². The van der Waals surface area contributed by atoms with Gasteiger partial charge in [-0.25, -0.2) is 9.97 Å². The number of pyridine rings is 1. The topological polar surface area (TPSA) is 96.9 Å². The maximum atomic E-state index is 12.4. The smallest absolute Gasteiger partial charge is 0.277 e. The van der Waals surface area contributed by atoms with E-state index >= 15 is 0 Å². The van der Waals surface area contributed by atoms with Gasteiger partial charge in [-0.3, -0.25) is 14.6 Å². The number of carbonyl (C=O) groups excluding carboxylic acids is 2. The normalized spacial score (nSPS) is 10.2. The van der Waals surface area contributed by atoms with Gasteiger partial charge in [0.15, 0.2) is 0 Å². The molecule has 3 rings (SSSR count). The van der Waals surface area contributed by atoms with E-state index in [-0.39, 0.29) is 27.1 Å². The molecule has 2 heterocycles. The molecule has 0 atom stereocenters. The molecule has 7 nitrogen and oxygen atoms in total. The Hall–Kier alpha value is -3.03. The molecule has 1 aromatic carbocycles. The summed E-state index contributed by atoms with van der Waals surface area (Å²) in [7, 11) is 0. The number of amides is 2. The van der Waals surface area contributed by atoms with Gasteiger partial charge in [-0.15, -0.1) is 0 Å². The van der Waals surface area contributed by atoms with Crippen LogP contribution in [0.15, 0.2) is 55.1 Å². The van der Waals surface area contributed by atoms with Crippen LogP contribution in [0.1, 0.15) is 20.8 Å². The predicted octanol–water partition coefficient (Wildman–Crippen LogP) is 3.68. The van der Waals surface area contributed by atoms with Crippen LogP contribution in [0, 0.1) is 0 Å². The Morgan fingerprint density at radius 1 is 0.885 bits per heavy atom. The van der Waals surface area contributed by atoms with Crippen LogP contribution in [-0.2, 0) is 0 Å². The average molecular weight is 388 g/mol. The highest BCUT2D eigenvalue weighted by molar-refractivity contribution is 6.40. The van der Waals surface area contributed by atoms with E-state index in [0.29, 0.717) is 5.69 Å². The summed E-state index contributed by atoms with van der Waals surface area (Å²) in [5, 5.41) is 5.72. The van der Waals surface area contributed by atoms with Gasteiger partial charge in [-0.1, -0.05) is 29.3 Å². The Bertz CT molecular complexity index is 946. The second kappa shape index (κ2) is 7.90. The van der Waals surface area contributed by atoms with Gasteiger partial charge < -0.3 is 10.6 Å². The van der Waals surface area contributed by atoms with E-state index < -0.39 is 11.8 Å². The molecule has 0 fully saturated rings. The number of nitrogens with one attached hydrogen (secondary N) is 2. The zero-order chi connectivity index (χ0) is 18.5. The Balaban J connectivity index is 1.75. The van der Waals surface area contributed by atoms with E-state index in [4.69, 9.17) is 23.2 Å². The van der Waals surface area contributed by atoms with E-state index in [1.165, 1.54) is 30.9 Å². The number of carbonyl (C=O) groups is 2. The van der Waals surface area contributed by atoms with Crippen LogP contribution in [0.4, 0.5) is 11.5 Å². The Labute approximate surface area is 158 Å². The molecule has 0 bridgehead atoms. The third-order valence-corrected chi connectivity index (χ3v) is 3.87. The summed E-state index contributed by atoms with van der Waals surface area (Å²) in [5.74, 6) is -0.704. The molecule has 0 spiro atoms. The van der Waals surface area contributed by atoms with Gasteiger partial charge in [0, 0.05) is 30.3 Å². The minimum Gasteiger partial charge on any atom is -0.322 e. The zero-order valence-electron chi connectivity index (χ0n) is 13.1. The first kappa shape index (κ1) is 17.8. The zero-order valence-corrected chi connectivity index (χ0v) is 14.6. The van der Waals surface area contributed by atoms with Crippen molar-refractivity contribution in [1.29, 1.82) is 0 Å². The highest BCUT2D eigenvalue weighted by Crippen LogP contribution is 2.25. The first-order chi connectivity index (χ1) is 12.5. The van der Waals surface area contributed by atoms with E-state index in [1.807, 2.05) is 0 Å². The lowest BCUT2D eigenvalue weighted by Gasteiger charge is -2.10. The molecule has 9 heteroatoms. The molecule has 0 saturated carbocycles. The molecule has 0 saturated heterocycles. The first-order valence-corrected chi connectivity index (χ1v) is 8.09. The minimum absolute atomic E-state index is 0.145. The van der Waals surface area contributed by atoms with Gasteiger partial charge in [0.2, 0.25) is 0 Å². The standard InChI is InChI=1S/C17H11Cl2N5O2/c18-11-2-1-3-12(19)15(11)17(26)23-10-4-5-22-14(8-10)24-16(25)13-9-20-6-7-21-13/h1-9H,(H2,22,23,24,25,26). The van der Waals surface area contributed by atoms with Gasteiger partial charge in [0.05, 0.1) is 21.8 Å². The van der Waals surface area contributed by atoms with E-state index in [1.54, 1.807) is 24.3 Å². The lowest BCUT2D eigenvalue weighted by molar-refractivity contribution is 0.101. The Morgan fingerprint density at radius 2 is 1.65 bits per heavy atom. The summed E-state index contributed by atoms with van der Waals surface area (Å²) in [6, 6.07) is 7.86. The molecular formula is C17H11Cl2N5O2. The van der Waals surface area contributed by atoms with Gasteiger partial charge >= 0.3 is 0 Å². The van der Waals surface area contributed by atoms with Crippen LogP contribution in [-0.4, -0.2) is 26.8 Å². The molecule has 0 aliphatic rings. The second-order valence-electron chi connectivity index (χ2n) is 5.03. The molecule has 2 amide bonds. The fourth-order valence-corrected chi connectivity index (χ4v) is 2.65. The largest absolute Gasteiger partial charge is 0.322 e. The van der Waals surface area contributed by atoms with Crippen molar-refractivity contribution in [2.75, 3.05) is 10.6 Å². The monoisotopic (exact) mass is 387 g/mol. The maximum Gasteiger partial charge on any atom is 0.277 e. The van der Waals surface area contributed by atoms with Crippen molar-refractivity contribution in [2.24, 2.45) is 0 Å². The van der Waals surface area contributed by atoms with Gasteiger partial charge in [-0.2, -0.15) is 0 Å². The first-order valence-electron chi connectivity index (χ1n) is 7.33. The number of nitrogens with zero attached hydrogens (tertiary/aromatic N) is 3. The highest BCUT2D eigenvalue weighted by Gasteiger charge is 2.15. The highest BCUT2D eigenvalue weighted by atomic mass is 35.5. The lowest BCUT2D eigenvalue weighted by atomic mass is 10.2. The van der Waals surface area contributed by atoms with Gasteiger partial charge in [-0.05, 0) is 18.2 Å². The van der Waals surface area contributed by atoms with E-state index in [9.17, 15) is 9.59 Å². The van der Waals surface area contributed by atoms with Crippen LogP contribution in [0.2, 0.25) is 10.0 Å². The van der Waals surface area contributed by atoms with Gasteiger partial charge in [0.25, 0.3) is 11.8 Å². The summed E-state index contributed by atoms with van der Waals surface area (Å²) in [6.45, 7) is 0. The second-order valence-corrected chi connectivity index (χ2v) is 5.84. The quantitative estimate of drug-likeness (QED) is 0.711. The van der Waals surface area contributed by atoms with Crippen molar-refractivity contribution >= 4 is 46.5 Å². The van der Waals surface area contributed by atoms with Crippen molar-refractivity contribution in [3.05, 3.63) is 76.4 Å². The van der Waals surface area contributed by atoms with Crippen LogP contribution in [0.3, 0.4) is 0 Å². The minimum atomic E-state index is -0.474. The fourth-order valence-electron chi connectivity index (χ4n) is 2.08. The van der Waals surface area contributed by atoms with Crippen molar-refractivity contribution in [2.45, 2.75) is 0 Å². The summed E-state index contributed by atoms with van der Waals surface area (Å²) < 4.78 is 0. The number of benzene rings is 1. The number of hydrogen-bond acceptors (Lipinski definition) is 5. The van der Waals surface area contributed by atoms with Gasteiger partial charge in [0.1, 0.15) is 11.5 Å². The van der Waals surface area contributed by atoms with E-state index in [0.717, 1.165) is 0 Å². The number of rotatable bonds is 4. The summed E-state index contributed by atoms with van der Waals surface area (Å²) in [5.41, 5.74) is 0.722. The molecule has 26 heavy (non-hydrogen) atoms. The molecule has 0 aliphatic heterocycles. The molecule has 0 aliphatic carbocycles. The third-order valence-electron chi connectivity index (χ3n) is 3.25. The van der Waals surface area contributed by atoms with Crippen LogP contribution in [0.5, 0.6) is 0 Å². The molecular weight excluding hydrogens is 377 g/mol. The third kappa shape index (κ3) is 4.14. The average Bonchev–Trinajstić information content (AvgIpc) is 2.62. The number of halogens is 2. The molecule has 2 N–H and O–H groups in total. The molecule has 0 unspecified atom stereocenters. The Morgan fingerprint density at radius 3 is 2.35 bits per heavy atom. The van der Waals surface area contributed by atoms with Crippen molar-refractivity contribution in [1.82, 2.24) is 15.0 Å². The summed E-state index contributed by atoms with van der Waals surface area (Å²) >= 11 is 12.1. The molecule has 2 aromatic heterocycles. The fraction of sp³-hybridized carbons (Fsp3) is 0. The van der Waals surface area contributed by atoms with Crippen molar-refractivity contribution in [3.63, 3.8) is 0 Å². The number of hydrogen-bond donors (Lipinski definition) is 2. The van der Waals surface area contributed by atoms with Crippen LogP contribution in [0.25, 0.3) is 0 Å². The van der Waals surface area contributed by atoms with Crippen molar-refractivity contribution < 1.29 is 9.59 Å². The maximum absolute atomic E-state index is 12.4. The van der Waals surface area contributed by atoms with E-state index in [2.05, 4.69) is 25.6 Å². The molecule has 3 aromatic rings. The van der Waals surface area contributed by atoms with Crippen LogP contribution < -0.4 is 10.6 Å². The predicted molar refractivity (Wildman–Crippen MR) is 98.6 cm³/mol. The summed E-state index contributed by atoms with van der Waals surface area (Å²) in [4.78, 5) is 36.3. The number of aromatic nitrogens is 3. The Kier molecular flexibility index (Phi) is 5.40.